The lowest BCUT2D eigenvalue weighted by Gasteiger charge is -2.21. The lowest BCUT2D eigenvalue weighted by atomic mass is 10.1. The van der Waals surface area contributed by atoms with Crippen molar-refractivity contribution in [2.75, 3.05) is 23.3 Å². The molecule has 0 saturated carbocycles. The van der Waals surface area contributed by atoms with E-state index in [2.05, 4.69) is 24.5 Å². The molecular formula is C17H25N3O3. The highest BCUT2D eigenvalue weighted by atomic mass is 16.2. The van der Waals surface area contributed by atoms with E-state index in [0.29, 0.717) is 23.8 Å². The number of nitrogens with one attached hydrogen (secondary N) is 2. The second-order valence-electron chi connectivity index (χ2n) is 5.87. The largest absolute Gasteiger partial charge is 0.355 e. The van der Waals surface area contributed by atoms with Gasteiger partial charge in [-0.3, -0.25) is 14.4 Å². The highest BCUT2D eigenvalue weighted by Gasteiger charge is 2.15. The predicted octanol–water partition coefficient (Wildman–Crippen LogP) is 2.16. The third kappa shape index (κ3) is 6.95. The van der Waals surface area contributed by atoms with Crippen molar-refractivity contribution in [3.8, 4) is 0 Å². The van der Waals surface area contributed by atoms with Crippen LogP contribution in [0.2, 0.25) is 0 Å². The standard InChI is InChI=1S/C17H25N3O3/c1-12(2)9-10-18-17(23)11-20(14(4)22)16-7-5-15(6-8-16)19-13(3)21/h5-8,12H,9-11H2,1-4H3,(H,18,23)(H,19,21). The van der Waals surface area contributed by atoms with Crippen LogP contribution in [0.4, 0.5) is 11.4 Å². The van der Waals surface area contributed by atoms with Crippen molar-refractivity contribution < 1.29 is 14.4 Å². The van der Waals surface area contributed by atoms with Crippen molar-refractivity contribution >= 4 is 29.1 Å². The van der Waals surface area contributed by atoms with E-state index in [-0.39, 0.29) is 24.3 Å². The summed E-state index contributed by atoms with van der Waals surface area (Å²) in [5.41, 5.74) is 1.26. The number of carbonyl (C=O) groups is 3. The van der Waals surface area contributed by atoms with Gasteiger partial charge in [0.05, 0.1) is 0 Å². The predicted molar refractivity (Wildman–Crippen MR) is 91.2 cm³/mol. The van der Waals surface area contributed by atoms with Crippen molar-refractivity contribution in [2.45, 2.75) is 34.1 Å². The Bertz CT molecular complexity index is 553. The molecule has 0 aliphatic rings. The van der Waals surface area contributed by atoms with E-state index in [1.807, 2.05) is 0 Å². The van der Waals surface area contributed by atoms with Crippen LogP contribution in [0, 0.1) is 5.92 Å². The molecule has 1 aromatic carbocycles. The van der Waals surface area contributed by atoms with Gasteiger partial charge in [-0.2, -0.15) is 0 Å². The number of rotatable bonds is 7. The van der Waals surface area contributed by atoms with Crippen molar-refractivity contribution in [3.63, 3.8) is 0 Å². The van der Waals surface area contributed by atoms with Gasteiger partial charge in [-0.25, -0.2) is 0 Å². The highest BCUT2D eigenvalue weighted by molar-refractivity contribution is 5.97. The number of nitrogens with zero attached hydrogens (tertiary/aromatic N) is 1. The van der Waals surface area contributed by atoms with Crippen LogP contribution in [0.3, 0.4) is 0 Å². The quantitative estimate of drug-likeness (QED) is 0.808. The Kier molecular flexibility index (Phi) is 7.25. The van der Waals surface area contributed by atoms with Crippen LogP contribution in [0.15, 0.2) is 24.3 Å². The molecule has 0 aliphatic carbocycles. The molecule has 6 nitrogen and oxygen atoms in total. The van der Waals surface area contributed by atoms with E-state index in [9.17, 15) is 14.4 Å². The molecule has 0 aliphatic heterocycles. The summed E-state index contributed by atoms with van der Waals surface area (Å²) in [6.45, 7) is 7.60. The van der Waals surface area contributed by atoms with Gasteiger partial charge < -0.3 is 15.5 Å². The molecule has 0 saturated heterocycles. The van der Waals surface area contributed by atoms with Crippen molar-refractivity contribution in [2.24, 2.45) is 5.92 Å². The Morgan fingerprint density at radius 1 is 1.09 bits per heavy atom. The first-order chi connectivity index (χ1) is 10.8. The Morgan fingerprint density at radius 2 is 1.70 bits per heavy atom. The summed E-state index contributed by atoms with van der Waals surface area (Å²) >= 11 is 0. The van der Waals surface area contributed by atoms with Crippen LogP contribution < -0.4 is 15.5 Å². The number of benzene rings is 1. The molecule has 0 bridgehead atoms. The SMILES string of the molecule is CC(=O)Nc1ccc(N(CC(=O)NCCC(C)C)C(C)=O)cc1. The maximum atomic E-state index is 12.0. The Morgan fingerprint density at radius 3 is 2.17 bits per heavy atom. The lowest BCUT2D eigenvalue weighted by Crippen LogP contribution is -2.40. The maximum Gasteiger partial charge on any atom is 0.240 e. The van der Waals surface area contributed by atoms with Crippen LogP contribution in [-0.4, -0.2) is 30.8 Å². The monoisotopic (exact) mass is 319 g/mol. The minimum absolute atomic E-state index is 0.0209. The molecule has 23 heavy (non-hydrogen) atoms. The average Bonchev–Trinajstić information content (AvgIpc) is 2.44. The zero-order chi connectivity index (χ0) is 17.4. The van der Waals surface area contributed by atoms with E-state index < -0.39 is 0 Å². The summed E-state index contributed by atoms with van der Waals surface area (Å²) in [6.07, 6.45) is 0.900. The summed E-state index contributed by atoms with van der Waals surface area (Å²) in [5.74, 6) is -0.0469. The number of amides is 3. The van der Waals surface area contributed by atoms with Crippen LogP contribution in [0.5, 0.6) is 0 Å². The number of hydrogen-bond donors (Lipinski definition) is 2. The maximum absolute atomic E-state index is 12.0. The molecule has 0 spiro atoms. The van der Waals surface area contributed by atoms with Gasteiger partial charge in [0.1, 0.15) is 6.54 Å². The van der Waals surface area contributed by atoms with Crippen LogP contribution in [0.25, 0.3) is 0 Å². The summed E-state index contributed by atoms with van der Waals surface area (Å²) in [7, 11) is 0. The van der Waals surface area contributed by atoms with Crippen LogP contribution in [0.1, 0.15) is 34.1 Å². The molecule has 0 heterocycles. The lowest BCUT2D eigenvalue weighted by molar-refractivity contribution is -0.123. The Labute approximate surface area is 137 Å². The van der Waals surface area contributed by atoms with E-state index in [1.54, 1.807) is 24.3 Å². The van der Waals surface area contributed by atoms with E-state index in [0.717, 1.165) is 6.42 Å². The van der Waals surface area contributed by atoms with Gasteiger partial charge >= 0.3 is 0 Å². The topological polar surface area (TPSA) is 78.5 Å². The van der Waals surface area contributed by atoms with Crippen LogP contribution in [-0.2, 0) is 14.4 Å². The summed E-state index contributed by atoms with van der Waals surface area (Å²) < 4.78 is 0. The third-order valence-electron chi connectivity index (χ3n) is 3.23. The summed E-state index contributed by atoms with van der Waals surface area (Å²) in [6, 6.07) is 6.80. The molecule has 0 aromatic heterocycles. The highest BCUT2D eigenvalue weighted by Crippen LogP contribution is 2.18. The van der Waals surface area contributed by atoms with E-state index in [4.69, 9.17) is 0 Å². The van der Waals surface area contributed by atoms with Crippen molar-refractivity contribution in [1.82, 2.24) is 5.32 Å². The Balaban J connectivity index is 2.69. The molecule has 0 atom stereocenters. The minimum atomic E-state index is -0.212. The second-order valence-corrected chi connectivity index (χ2v) is 5.87. The molecule has 6 heteroatoms. The van der Waals surface area contributed by atoms with Gasteiger partial charge in [-0.15, -0.1) is 0 Å². The fraction of sp³-hybridized carbons (Fsp3) is 0.471. The molecule has 126 valence electrons. The molecule has 1 aromatic rings. The first-order valence-corrected chi connectivity index (χ1v) is 7.72. The van der Waals surface area contributed by atoms with E-state index in [1.165, 1.54) is 18.7 Å². The number of anilines is 2. The first kappa shape index (κ1) is 18.7. The third-order valence-corrected chi connectivity index (χ3v) is 3.23. The number of hydrogen-bond acceptors (Lipinski definition) is 3. The fourth-order valence-corrected chi connectivity index (χ4v) is 2.01. The minimum Gasteiger partial charge on any atom is -0.355 e. The summed E-state index contributed by atoms with van der Waals surface area (Å²) in [4.78, 5) is 36.2. The van der Waals surface area contributed by atoms with Gasteiger partial charge in [0.25, 0.3) is 0 Å². The molecule has 0 radical (unpaired) electrons. The van der Waals surface area contributed by atoms with E-state index >= 15 is 0 Å². The van der Waals surface area contributed by atoms with Crippen molar-refractivity contribution in [1.29, 1.82) is 0 Å². The molecule has 0 fully saturated rings. The van der Waals surface area contributed by atoms with Gasteiger partial charge in [0.15, 0.2) is 0 Å². The van der Waals surface area contributed by atoms with Gasteiger partial charge in [0.2, 0.25) is 17.7 Å². The molecule has 0 unspecified atom stereocenters. The molecule has 2 N–H and O–H groups in total. The zero-order valence-electron chi connectivity index (χ0n) is 14.2. The van der Waals surface area contributed by atoms with Gasteiger partial charge in [-0.05, 0) is 36.6 Å². The van der Waals surface area contributed by atoms with Crippen LogP contribution >= 0.6 is 0 Å². The first-order valence-electron chi connectivity index (χ1n) is 7.72. The number of carbonyl (C=O) groups excluding carboxylic acids is 3. The fourth-order valence-electron chi connectivity index (χ4n) is 2.01. The van der Waals surface area contributed by atoms with Gasteiger partial charge in [-0.1, -0.05) is 13.8 Å². The zero-order valence-corrected chi connectivity index (χ0v) is 14.2. The molecule has 1 rings (SSSR count). The Hall–Kier alpha value is -2.37. The van der Waals surface area contributed by atoms with Gasteiger partial charge in [0, 0.05) is 31.8 Å². The second kappa shape index (κ2) is 8.92. The normalized spacial score (nSPS) is 10.3. The summed E-state index contributed by atoms with van der Waals surface area (Å²) in [5, 5.41) is 5.47. The average molecular weight is 319 g/mol. The molecule has 3 amide bonds. The van der Waals surface area contributed by atoms with Crippen molar-refractivity contribution in [3.05, 3.63) is 24.3 Å². The smallest absolute Gasteiger partial charge is 0.240 e. The molecular weight excluding hydrogens is 294 g/mol.